The first kappa shape index (κ1) is 20.9. The van der Waals surface area contributed by atoms with Gasteiger partial charge >= 0.3 is 5.69 Å². The van der Waals surface area contributed by atoms with E-state index in [9.17, 15) is 14.9 Å². The summed E-state index contributed by atoms with van der Waals surface area (Å²) in [7, 11) is 3.16. The number of nitrogens with zero attached hydrogens (tertiary/aromatic N) is 2. The molecular formula is C21H27N3O5. The molecule has 29 heavy (non-hydrogen) atoms. The summed E-state index contributed by atoms with van der Waals surface area (Å²) in [6.07, 6.45) is 6.59. The Hall–Kier alpha value is -2.87. The topological polar surface area (TPSA) is 97.8 Å². The molecule has 8 nitrogen and oxygen atoms in total. The number of nitro groups is 1. The minimum Gasteiger partial charge on any atom is -0.490 e. The van der Waals surface area contributed by atoms with Gasteiger partial charge in [0.25, 0.3) is 5.91 Å². The summed E-state index contributed by atoms with van der Waals surface area (Å²) in [5.41, 5.74) is 0.233. The van der Waals surface area contributed by atoms with Crippen LogP contribution in [0.5, 0.6) is 5.75 Å². The number of amides is 1. The SMILES string of the molecule is COc1cc(C(=O)N(C)C2CCCCC2NCCc2ccco2)ccc1[N+](=O)[O-]. The zero-order chi connectivity index (χ0) is 20.8. The third-order valence-corrected chi connectivity index (χ3v) is 5.53. The lowest BCUT2D eigenvalue weighted by atomic mass is 9.89. The molecule has 1 aliphatic carbocycles. The molecular weight excluding hydrogens is 374 g/mol. The Morgan fingerprint density at radius 2 is 2.14 bits per heavy atom. The maximum atomic E-state index is 13.1. The van der Waals surface area contributed by atoms with Gasteiger partial charge in [-0.15, -0.1) is 0 Å². The van der Waals surface area contributed by atoms with Gasteiger partial charge in [0, 0.05) is 49.8 Å². The van der Waals surface area contributed by atoms with E-state index >= 15 is 0 Å². The first-order valence-electron chi connectivity index (χ1n) is 9.86. The highest BCUT2D eigenvalue weighted by Crippen LogP contribution is 2.29. The number of nitro benzene ring substituents is 1. The lowest BCUT2D eigenvalue weighted by Crippen LogP contribution is -2.52. The Kier molecular flexibility index (Phi) is 6.87. The minimum atomic E-state index is -0.517. The van der Waals surface area contributed by atoms with Gasteiger partial charge in [-0.05, 0) is 31.0 Å². The van der Waals surface area contributed by atoms with E-state index in [0.29, 0.717) is 5.56 Å². The van der Waals surface area contributed by atoms with Crippen molar-refractivity contribution >= 4 is 11.6 Å². The van der Waals surface area contributed by atoms with Crippen molar-refractivity contribution in [2.75, 3.05) is 20.7 Å². The lowest BCUT2D eigenvalue weighted by molar-refractivity contribution is -0.385. The molecule has 2 aromatic rings. The predicted octanol–water partition coefficient (Wildman–Crippen LogP) is 3.41. The van der Waals surface area contributed by atoms with E-state index in [0.717, 1.165) is 44.4 Å². The van der Waals surface area contributed by atoms with Gasteiger partial charge in [0.15, 0.2) is 5.75 Å². The van der Waals surface area contributed by atoms with Crippen molar-refractivity contribution in [1.29, 1.82) is 0 Å². The number of hydrogen-bond donors (Lipinski definition) is 1. The average molecular weight is 401 g/mol. The predicted molar refractivity (Wildman–Crippen MR) is 108 cm³/mol. The Labute approximate surface area is 170 Å². The Bertz CT molecular complexity index is 837. The maximum absolute atomic E-state index is 13.1. The van der Waals surface area contributed by atoms with Crippen molar-refractivity contribution < 1.29 is 18.9 Å². The van der Waals surface area contributed by atoms with E-state index in [1.807, 2.05) is 12.1 Å². The fourth-order valence-corrected chi connectivity index (χ4v) is 3.96. The first-order chi connectivity index (χ1) is 14.0. The van der Waals surface area contributed by atoms with Crippen LogP contribution in [0.1, 0.15) is 41.8 Å². The molecule has 0 saturated heterocycles. The van der Waals surface area contributed by atoms with E-state index in [2.05, 4.69) is 5.32 Å². The molecule has 2 atom stereocenters. The Morgan fingerprint density at radius 3 is 2.83 bits per heavy atom. The van der Waals surface area contributed by atoms with Crippen LogP contribution in [0, 0.1) is 10.1 Å². The van der Waals surface area contributed by atoms with Crippen LogP contribution < -0.4 is 10.1 Å². The number of ether oxygens (including phenoxy) is 1. The standard InChI is InChI=1S/C21H27N3O5/c1-23(21(25)15-9-10-19(24(26)27)20(14-15)28-2)18-8-4-3-7-17(18)22-12-11-16-6-5-13-29-16/h5-6,9-10,13-14,17-18,22H,3-4,7-8,11-12H2,1-2H3. The quantitative estimate of drug-likeness (QED) is 0.538. The summed E-state index contributed by atoms with van der Waals surface area (Å²) in [4.78, 5) is 25.4. The third kappa shape index (κ3) is 4.95. The third-order valence-electron chi connectivity index (χ3n) is 5.53. The van der Waals surface area contributed by atoms with E-state index in [-0.39, 0.29) is 29.4 Å². The molecule has 0 bridgehead atoms. The van der Waals surface area contributed by atoms with Crippen LogP contribution in [-0.4, -0.2) is 48.5 Å². The van der Waals surface area contributed by atoms with Crippen LogP contribution in [0.3, 0.4) is 0 Å². The van der Waals surface area contributed by atoms with Crippen molar-refractivity contribution in [2.24, 2.45) is 0 Å². The highest BCUT2D eigenvalue weighted by Gasteiger charge is 2.31. The number of rotatable bonds is 8. The van der Waals surface area contributed by atoms with Crippen LogP contribution in [0.2, 0.25) is 0 Å². The van der Waals surface area contributed by atoms with Crippen molar-refractivity contribution in [3.63, 3.8) is 0 Å². The van der Waals surface area contributed by atoms with E-state index in [4.69, 9.17) is 9.15 Å². The molecule has 1 saturated carbocycles. The highest BCUT2D eigenvalue weighted by molar-refractivity contribution is 5.95. The van der Waals surface area contributed by atoms with Gasteiger partial charge in [-0.3, -0.25) is 14.9 Å². The summed E-state index contributed by atoms with van der Waals surface area (Å²) in [6, 6.07) is 8.35. The molecule has 1 heterocycles. The molecule has 0 radical (unpaired) electrons. The molecule has 1 aromatic heterocycles. The first-order valence-corrected chi connectivity index (χ1v) is 9.86. The Balaban J connectivity index is 1.68. The van der Waals surface area contributed by atoms with Gasteiger partial charge in [-0.25, -0.2) is 0 Å². The molecule has 1 aromatic carbocycles. The number of carbonyl (C=O) groups excluding carboxylic acids is 1. The molecule has 3 rings (SSSR count). The summed E-state index contributed by atoms with van der Waals surface area (Å²) < 4.78 is 10.5. The van der Waals surface area contributed by atoms with Gasteiger partial charge in [0.05, 0.1) is 18.3 Å². The normalized spacial score (nSPS) is 19.0. The van der Waals surface area contributed by atoms with Gasteiger partial charge in [-0.2, -0.15) is 0 Å². The molecule has 1 N–H and O–H groups in total. The van der Waals surface area contributed by atoms with Crippen molar-refractivity contribution in [2.45, 2.75) is 44.2 Å². The van der Waals surface area contributed by atoms with E-state index in [1.54, 1.807) is 18.2 Å². The van der Waals surface area contributed by atoms with E-state index in [1.165, 1.54) is 25.3 Å². The second-order valence-electron chi connectivity index (χ2n) is 7.30. The fraction of sp³-hybridized carbons (Fsp3) is 0.476. The summed E-state index contributed by atoms with van der Waals surface area (Å²) in [5.74, 6) is 0.862. The molecule has 0 spiro atoms. The maximum Gasteiger partial charge on any atom is 0.310 e. The van der Waals surface area contributed by atoms with Gasteiger partial charge < -0.3 is 19.4 Å². The zero-order valence-corrected chi connectivity index (χ0v) is 16.8. The van der Waals surface area contributed by atoms with Gasteiger partial charge in [0.2, 0.25) is 0 Å². The molecule has 1 aliphatic rings. The van der Waals surface area contributed by atoms with Crippen LogP contribution >= 0.6 is 0 Å². The summed E-state index contributed by atoms with van der Waals surface area (Å²) >= 11 is 0. The number of nitrogens with one attached hydrogen (secondary N) is 1. The van der Waals surface area contributed by atoms with Gasteiger partial charge in [-0.1, -0.05) is 12.8 Å². The van der Waals surface area contributed by atoms with Crippen molar-refractivity contribution in [3.8, 4) is 5.75 Å². The van der Waals surface area contributed by atoms with E-state index < -0.39 is 4.92 Å². The summed E-state index contributed by atoms with van der Waals surface area (Å²) in [5, 5.41) is 14.7. The second kappa shape index (κ2) is 9.56. The largest absolute Gasteiger partial charge is 0.490 e. The van der Waals surface area contributed by atoms with Crippen LogP contribution in [0.15, 0.2) is 41.0 Å². The molecule has 8 heteroatoms. The van der Waals surface area contributed by atoms with Crippen LogP contribution in [0.4, 0.5) is 5.69 Å². The van der Waals surface area contributed by atoms with Crippen molar-refractivity contribution in [3.05, 3.63) is 58.0 Å². The van der Waals surface area contributed by atoms with Crippen LogP contribution in [-0.2, 0) is 6.42 Å². The van der Waals surface area contributed by atoms with Crippen LogP contribution in [0.25, 0.3) is 0 Å². The monoisotopic (exact) mass is 401 g/mol. The zero-order valence-electron chi connectivity index (χ0n) is 16.8. The number of benzene rings is 1. The fourth-order valence-electron chi connectivity index (χ4n) is 3.96. The molecule has 1 amide bonds. The number of carbonyl (C=O) groups is 1. The number of hydrogen-bond acceptors (Lipinski definition) is 6. The van der Waals surface area contributed by atoms with Crippen molar-refractivity contribution in [1.82, 2.24) is 10.2 Å². The lowest BCUT2D eigenvalue weighted by Gasteiger charge is -2.38. The number of likely N-dealkylation sites (N-methyl/N-ethyl adjacent to an activating group) is 1. The number of furan rings is 1. The second-order valence-corrected chi connectivity index (χ2v) is 7.30. The molecule has 2 unspecified atom stereocenters. The smallest absolute Gasteiger partial charge is 0.310 e. The summed E-state index contributed by atoms with van der Waals surface area (Å²) in [6.45, 7) is 0.780. The molecule has 0 aliphatic heterocycles. The minimum absolute atomic E-state index is 0.0639. The highest BCUT2D eigenvalue weighted by atomic mass is 16.6. The molecule has 156 valence electrons. The molecule has 1 fully saturated rings. The Morgan fingerprint density at radius 1 is 1.34 bits per heavy atom. The number of methoxy groups -OCH3 is 1. The van der Waals surface area contributed by atoms with Gasteiger partial charge in [0.1, 0.15) is 5.76 Å². The average Bonchev–Trinajstić information content (AvgIpc) is 3.26.